The van der Waals surface area contributed by atoms with Gasteiger partial charge in [-0.1, -0.05) is 312 Å². The number of carbonyl (C=O) groups excluding carboxylic acids is 3. The van der Waals surface area contributed by atoms with Crippen molar-refractivity contribution in [3.05, 3.63) is 72.9 Å². The molecule has 0 radical (unpaired) electrons. The molecule has 0 aliphatic carbocycles. The fourth-order valence-corrected chi connectivity index (χ4v) is 9.88. The smallest absolute Gasteiger partial charge is 0.306 e. The van der Waals surface area contributed by atoms with Gasteiger partial charge in [-0.2, -0.15) is 0 Å². The summed E-state index contributed by atoms with van der Waals surface area (Å²) in [6.07, 6.45) is 86.4. The normalized spacial score (nSPS) is 12.5. The van der Waals surface area contributed by atoms with E-state index in [1.165, 1.54) is 212 Å². The van der Waals surface area contributed by atoms with Crippen LogP contribution in [0, 0.1) is 0 Å². The summed E-state index contributed by atoms with van der Waals surface area (Å²) in [7, 11) is 0. The molecule has 6 heteroatoms. The van der Waals surface area contributed by atoms with Gasteiger partial charge in [0.2, 0.25) is 0 Å². The van der Waals surface area contributed by atoms with Gasteiger partial charge in [-0.3, -0.25) is 14.4 Å². The zero-order valence-corrected chi connectivity index (χ0v) is 51.9. The van der Waals surface area contributed by atoms with Crippen molar-refractivity contribution in [2.75, 3.05) is 13.2 Å². The van der Waals surface area contributed by atoms with Gasteiger partial charge in [0.05, 0.1) is 0 Å². The molecular weight excluding hydrogens is 961 g/mol. The Labute approximate surface area is 484 Å². The van der Waals surface area contributed by atoms with Crippen molar-refractivity contribution in [3.63, 3.8) is 0 Å². The van der Waals surface area contributed by atoms with E-state index in [9.17, 15) is 14.4 Å². The zero-order valence-electron chi connectivity index (χ0n) is 51.9. The van der Waals surface area contributed by atoms with E-state index in [1.54, 1.807) is 0 Å². The predicted molar refractivity (Wildman–Crippen MR) is 339 cm³/mol. The van der Waals surface area contributed by atoms with Crippen LogP contribution in [0.5, 0.6) is 0 Å². The summed E-state index contributed by atoms with van der Waals surface area (Å²) < 4.78 is 16.9. The molecule has 0 aromatic rings. The van der Waals surface area contributed by atoms with E-state index in [0.29, 0.717) is 19.3 Å². The summed E-state index contributed by atoms with van der Waals surface area (Å²) in [6.45, 7) is 6.55. The number of allylic oxidation sites excluding steroid dienone is 12. The highest BCUT2D eigenvalue weighted by Gasteiger charge is 2.19. The molecular formula is C72H128O6. The lowest BCUT2D eigenvalue weighted by molar-refractivity contribution is -0.167. The van der Waals surface area contributed by atoms with Gasteiger partial charge in [0.1, 0.15) is 13.2 Å². The second kappa shape index (κ2) is 66.4. The lowest BCUT2D eigenvalue weighted by atomic mass is 10.0. The Bertz CT molecular complexity index is 1440. The summed E-state index contributed by atoms with van der Waals surface area (Å²) in [5.74, 6) is -0.861. The van der Waals surface area contributed by atoms with Crippen molar-refractivity contribution in [2.24, 2.45) is 0 Å². The van der Waals surface area contributed by atoms with Crippen LogP contribution in [0.4, 0.5) is 0 Å². The molecule has 0 spiro atoms. The Morgan fingerprint density at radius 3 is 0.808 bits per heavy atom. The van der Waals surface area contributed by atoms with E-state index in [2.05, 4.69) is 93.7 Å². The number of hydrogen-bond donors (Lipinski definition) is 0. The van der Waals surface area contributed by atoms with Crippen molar-refractivity contribution in [1.29, 1.82) is 0 Å². The molecule has 0 aliphatic rings. The van der Waals surface area contributed by atoms with Crippen LogP contribution in [0.25, 0.3) is 0 Å². The Balaban J connectivity index is 4.12. The second-order valence-corrected chi connectivity index (χ2v) is 22.7. The fourth-order valence-electron chi connectivity index (χ4n) is 9.88. The highest BCUT2D eigenvalue weighted by atomic mass is 16.6. The number of ether oxygens (including phenoxy) is 3. The first-order chi connectivity index (χ1) is 38.5. The van der Waals surface area contributed by atoms with Gasteiger partial charge in [-0.15, -0.1) is 0 Å². The Morgan fingerprint density at radius 2 is 0.500 bits per heavy atom. The average Bonchev–Trinajstić information content (AvgIpc) is 3.44. The molecule has 0 heterocycles. The molecule has 0 aromatic carbocycles. The molecule has 1 unspecified atom stereocenters. The Kier molecular flexibility index (Phi) is 63.7. The van der Waals surface area contributed by atoms with Crippen LogP contribution < -0.4 is 0 Å². The highest BCUT2D eigenvalue weighted by Crippen LogP contribution is 2.18. The largest absolute Gasteiger partial charge is 0.462 e. The highest BCUT2D eigenvalue weighted by molar-refractivity contribution is 5.71. The number of carbonyl (C=O) groups is 3. The van der Waals surface area contributed by atoms with Crippen LogP contribution >= 0.6 is 0 Å². The molecule has 0 bridgehead atoms. The van der Waals surface area contributed by atoms with Crippen LogP contribution in [0.1, 0.15) is 348 Å². The molecule has 0 N–H and O–H groups in total. The maximum absolute atomic E-state index is 12.9. The minimum absolute atomic E-state index is 0.0722. The van der Waals surface area contributed by atoms with Crippen molar-refractivity contribution in [3.8, 4) is 0 Å². The summed E-state index contributed by atoms with van der Waals surface area (Å²) in [4.78, 5) is 38.3. The van der Waals surface area contributed by atoms with Crippen molar-refractivity contribution < 1.29 is 28.6 Å². The third-order valence-electron chi connectivity index (χ3n) is 14.9. The third kappa shape index (κ3) is 63.7. The quantitative estimate of drug-likeness (QED) is 0.0261. The maximum atomic E-state index is 12.9. The van der Waals surface area contributed by atoms with Gasteiger partial charge in [0, 0.05) is 19.3 Å². The van der Waals surface area contributed by atoms with Crippen molar-refractivity contribution >= 4 is 17.9 Å². The molecule has 0 aromatic heterocycles. The minimum atomic E-state index is -0.774. The zero-order chi connectivity index (χ0) is 56.4. The SMILES string of the molecule is CC/C=C\C/C=C\C/C=C\C/C=C\C/C=C\CCCCCCCCCCCCCCCCCCCC(=O)OCC(COC(=O)CCCCCCC/C=C\CCCCCC)OC(=O)CCCCCCCCCCCCCCCC. The lowest BCUT2D eigenvalue weighted by Gasteiger charge is -2.18. The Hall–Kier alpha value is -3.15. The molecule has 0 fully saturated rings. The molecule has 0 aliphatic heterocycles. The fraction of sp³-hybridized carbons (Fsp3) is 0.792. The van der Waals surface area contributed by atoms with Crippen LogP contribution in [0.2, 0.25) is 0 Å². The van der Waals surface area contributed by atoms with Crippen LogP contribution in [0.3, 0.4) is 0 Å². The molecule has 452 valence electrons. The molecule has 6 nitrogen and oxygen atoms in total. The standard InChI is InChI=1S/C72H128O6/c1-4-7-10-13-16-19-22-25-27-28-29-30-31-32-33-34-35-36-37-38-39-40-41-42-43-44-45-48-50-53-56-59-62-65-71(74)77-68-69(67-76-70(73)64-61-58-55-52-49-46-24-21-18-15-12-9-6-3)78-72(75)66-63-60-57-54-51-47-26-23-20-17-14-11-8-5-2/h7,10,16,19,21,24-25,27,29-30,32-33,69H,4-6,8-9,11-15,17-18,20,22-23,26,28,31,34-68H2,1-3H3/b10-7-,19-16-,24-21-,27-25-,30-29-,33-32-. The van der Waals surface area contributed by atoms with Crippen LogP contribution in [-0.4, -0.2) is 37.2 Å². The number of unbranched alkanes of at least 4 members (excludes halogenated alkanes) is 39. The average molecular weight is 1090 g/mol. The number of hydrogen-bond acceptors (Lipinski definition) is 6. The topological polar surface area (TPSA) is 78.9 Å². The van der Waals surface area contributed by atoms with E-state index in [0.717, 1.165) is 96.3 Å². The van der Waals surface area contributed by atoms with E-state index < -0.39 is 6.10 Å². The summed E-state index contributed by atoms with van der Waals surface area (Å²) in [6, 6.07) is 0. The molecule has 0 saturated heterocycles. The first kappa shape index (κ1) is 74.8. The van der Waals surface area contributed by atoms with Crippen LogP contribution in [0.15, 0.2) is 72.9 Å². The third-order valence-corrected chi connectivity index (χ3v) is 14.9. The summed E-state index contributed by atoms with van der Waals surface area (Å²) in [5.41, 5.74) is 0. The molecule has 1 atom stereocenters. The first-order valence-electron chi connectivity index (χ1n) is 33.9. The molecule has 78 heavy (non-hydrogen) atoms. The summed E-state index contributed by atoms with van der Waals surface area (Å²) in [5, 5.41) is 0. The monoisotopic (exact) mass is 1090 g/mol. The lowest BCUT2D eigenvalue weighted by Crippen LogP contribution is -2.30. The van der Waals surface area contributed by atoms with Crippen molar-refractivity contribution in [1.82, 2.24) is 0 Å². The first-order valence-corrected chi connectivity index (χ1v) is 33.9. The molecule has 0 amide bonds. The van der Waals surface area contributed by atoms with Gasteiger partial charge in [-0.05, 0) is 89.9 Å². The van der Waals surface area contributed by atoms with Gasteiger partial charge in [0.15, 0.2) is 6.10 Å². The minimum Gasteiger partial charge on any atom is -0.462 e. The Morgan fingerprint density at radius 1 is 0.269 bits per heavy atom. The van der Waals surface area contributed by atoms with Gasteiger partial charge in [0.25, 0.3) is 0 Å². The maximum Gasteiger partial charge on any atom is 0.306 e. The second-order valence-electron chi connectivity index (χ2n) is 22.7. The van der Waals surface area contributed by atoms with Crippen molar-refractivity contribution in [2.45, 2.75) is 354 Å². The van der Waals surface area contributed by atoms with Gasteiger partial charge in [-0.25, -0.2) is 0 Å². The van der Waals surface area contributed by atoms with Gasteiger partial charge < -0.3 is 14.2 Å². The predicted octanol–water partition coefficient (Wildman–Crippen LogP) is 23.3. The van der Waals surface area contributed by atoms with E-state index >= 15 is 0 Å². The number of esters is 3. The van der Waals surface area contributed by atoms with Crippen LogP contribution in [-0.2, 0) is 28.6 Å². The van der Waals surface area contributed by atoms with E-state index in [-0.39, 0.29) is 31.1 Å². The number of rotatable bonds is 62. The van der Waals surface area contributed by atoms with Gasteiger partial charge >= 0.3 is 17.9 Å². The molecule has 0 rings (SSSR count). The van der Waals surface area contributed by atoms with E-state index in [1.807, 2.05) is 0 Å². The molecule has 0 saturated carbocycles. The summed E-state index contributed by atoms with van der Waals surface area (Å²) >= 11 is 0. The van der Waals surface area contributed by atoms with E-state index in [4.69, 9.17) is 14.2 Å².